The van der Waals surface area contributed by atoms with Crippen LogP contribution in [0.25, 0.3) is 56.0 Å². The molecule has 2 atom stereocenters. The minimum atomic E-state index is -0.947. The number of unbranched alkanes of at least 4 members (excludes halogenated alkanes) is 5. The molecule has 12 nitrogen and oxygen atoms in total. The minimum absolute atomic E-state index is 0.155. The second kappa shape index (κ2) is 28.0. The van der Waals surface area contributed by atoms with Gasteiger partial charge in [-0.15, -0.1) is 0 Å². The number of nitrogens with zero attached hydrogens (tertiary/aromatic N) is 2. The van der Waals surface area contributed by atoms with Crippen LogP contribution in [0.15, 0.2) is 206 Å². The molecule has 0 aromatic heterocycles. The molecule has 10 aromatic rings. The van der Waals surface area contributed by atoms with E-state index in [9.17, 15) is 9.59 Å². The van der Waals surface area contributed by atoms with Crippen LogP contribution in [0.5, 0.6) is 23.0 Å². The van der Waals surface area contributed by atoms with Crippen molar-refractivity contribution in [2.24, 2.45) is 0 Å². The van der Waals surface area contributed by atoms with Crippen LogP contribution in [0.3, 0.4) is 0 Å². The predicted octanol–water partition coefficient (Wildman–Crippen LogP) is 18.6. The molecule has 518 valence electrons. The van der Waals surface area contributed by atoms with Gasteiger partial charge in [0.1, 0.15) is 49.4 Å². The van der Waals surface area contributed by atoms with E-state index < -0.39 is 11.2 Å². The second-order valence-corrected chi connectivity index (χ2v) is 28.9. The van der Waals surface area contributed by atoms with Gasteiger partial charge < -0.3 is 47.7 Å². The first-order valence-electron chi connectivity index (χ1n) is 36.7. The van der Waals surface area contributed by atoms with E-state index in [0.29, 0.717) is 50.8 Å². The Morgan fingerprint density at radius 1 is 0.392 bits per heavy atom. The Balaban J connectivity index is 0.483. The predicted molar refractivity (Wildman–Crippen MR) is 406 cm³/mol. The van der Waals surface area contributed by atoms with E-state index >= 15 is 0 Å². The van der Waals surface area contributed by atoms with Crippen LogP contribution >= 0.6 is 0 Å². The van der Waals surface area contributed by atoms with Crippen molar-refractivity contribution in [3.63, 3.8) is 0 Å². The Morgan fingerprint density at radius 3 is 1.13 bits per heavy atom. The molecule has 2 saturated heterocycles. The van der Waals surface area contributed by atoms with Crippen LogP contribution in [0.2, 0.25) is 0 Å². The Hall–Kier alpha value is -10.1. The third-order valence-electron chi connectivity index (χ3n) is 22.0. The fraction of sp³-hybridized carbons (Fsp3) is 0.311. The zero-order valence-corrected chi connectivity index (χ0v) is 58.9. The van der Waals surface area contributed by atoms with E-state index in [1.807, 2.05) is 24.3 Å². The van der Waals surface area contributed by atoms with Crippen LogP contribution in [-0.2, 0) is 50.6 Å². The average Bonchev–Trinajstić information content (AvgIpc) is 1.50. The SMILES string of the molecule is CC1(C)c2ccccc2-c2c1c1c(c3ccccc23)OC(c2ccc(OCCOC(=O)CCCCCCCCC(=O)OCCOc3ccc(C4(c5ccc(N6CCOCC6)cc5)C=Cc5c6c(c7ccccc7c5O4)-c4ccccc4C6(C)C)cc3)cc2)(c2ccc(N3CCOCC3)cc2)C=C1. The highest BCUT2D eigenvalue weighted by Gasteiger charge is 2.47. The highest BCUT2D eigenvalue weighted by molar-refractivity contribution is 6.10. The summed E-state index contributed by atoms with van der Waals surface area (Å²) in [7, 11) is 0. The number of rotatable bonds is 23. The molecule has 0 radical (unpaired) electrons. The molecule has 4 aliphatic heterocycles. The van der Waals surface area contributed by atoms with Gasteiger partial charge in [0.15, 0.2) is 11.2 Å². The summed E-state index contributed by atoms with van der Waals surface area (Å²) in [5.41, 5.74) is 16.5. The van der Waals surface area contributed by atoms with E-state index in [2.05, 4.69) is 232 Å². The number of morpholine rings is 2. The molecular weight excluding hydrogens is 1270 g/mol. The van der Waals surface area contributed by atoms with E-state index in [1.165, 1.54) is 55.3 Å². The molecule has 0 N–H and O–H groups in total. The molecule has 12 heteroatoms. The number of carbonyl (C=O) groups is 2. The third kappa shape index (κ3) is 12.2. The van der Waals surface area contributed by atoms with Crippen molar-refractivity contribution in [2.75, 3.05) is 88.8 Å². The minimum Gasteiger partial charge on any atom is -0.490 e. The fourth-order valence-corrected chi connectivity index (χ4v) is 16.9. The first-order valence-corrected chi connectivity index (χ1v) is 36.7. The molecule has 0 saturated carbocycles. The number of fused-ring (bicyclic) bond motifs is 16. The second-order valence-electron chi connectivity index (χ2n) is 28.9. The fourth-order valence-electron chi connectivity index (χ4n) is 16.9. The van der Waals surface area contributed by atoms with Gasteiger partial charge in [0.25, 0.3) is 0 Å². The van der Waals surface area contributed by atoms with Gasteiger partial charge in [-0.1, -0.05) is 211 Å². The summed E-state index contributed by atoms with van der Waals surface area (Å²) in [6.07, 6.45) is 15.0. The summed E-state index contributed by atoms with van der Waals surface area (Å²) in [4.78, 5) is 30.4. The molecule has 2 unspecified atom stereocenters. The summed E-state index contributed by atoms with van der Waals surface area (Å²) < 4.78 is 50.1. The van der Waals surface area contributed by atoms with Crippen molar-refractivity contribution in [3.8, 4) is 45.3 Å². The van der Waals surface area contributed by atoms with Crippen molar-refractivity contribution < 1.29 is 47.5 Å². The number of carbonyl (C=O) groups excluding carboxylic acids is 2. The van der Waals surface area contributed by atoms with Gasteiger partial charge in [-0.05, 0) is 129 Å². The monoisotopic (exact) mass is 1360 g/mol. The highest BCUT2D eigenvalue weighted by Crippen LogP contribution is 2.60. The lowest BCUT2D eigenvalue weighted by Gasteiger charge is -2.39. The average molecular weight is 1360 g/mol. The molecule has 0 amide bonds. The summed E-state index contributed by atoms with van der Waals surface area (Å²) in [5, 5.41) is 4.54. The molecule has 10 aromatic carbocycles. The third-order valence-corrected chi connectivity index (χ3v) is 22.0. The molecular formula is C90H88N2O10. The van der Waals surface area contributed by atoms with E-state index in [-0.39, 0.29) is 49.2 Å². The lowest BCUT2D eigenvalue weighted by molar-refractivity contribution is -0.145. The molecule has 6 aliphatic rings. The molecule has 102 heavy (non-hydrogen) atoms. The van der Waals surface area contributed by atoms with Crippen LogP contribution in [-0.4, -0.2) is 91.0 Å². The summed E-state index contributed by atoms with van der Waals surface area (Å²) >= 11 is 0. The van der Waals surface area contributed by atoms with Crippen LogP contribution in [0.1, 0.15) is 135 Å². The standard InChI is InChI=1S/C90H88N2O10/c1-87(2)77-25-17-15-23-73(77)81-69-19-11-13-21-71(69)85-75(83(81)87)45-47-89(101-85,61-29-37-65(38-30-61)91-49-53-95-54-50-91)63-33-41-67(42-34-63)97-57-59-99-79(93)27-9-7-5-6-8-10-28-80(94)100-60-58-98-68-43-35-64(36-44-68)90(62-31-39-66(40-32-62)92-51-55-96-56-52-92)48-46-76-84-82(70-20-12-14-22-72(70)86(76)102-90)74-24-16-18-26-78(74)88(84,3)4/h11-26,29-48H,5-10,27-28,49-60H2,1-4H3. The van der Waals surface area contributed by atoms with Crippen molar-refractivity contribution in [1.29, 1.82) is 0 Å². The number of hydrogen-bond donors (Lipinski definition) is 0. The Bertz CT molecular complexity index is 4530. The molecule has 0 bridgehead atoms. The normalized spacial score (nSPS) is 18.6. The summed E-state index contributed by atoms with van der Waals surface area (Å²) in [6, 6.07) is 68.8. The Kier molecular flexibility index (Phi) is 18.2. The largest absolute Gasteiger partial charge is 0.490 e. The maximum Gasteiger partial charge on any atom is 0.305 e. The van der Waals surface area contributed by atoms with Gasteiger partial charge in [-0.25, -0.2) is 0 Å². The molecule has 0 spiro atoms. The number of hydrogen-bond acceptors (Lipinski definition) is 12. The molecule has 4 heterocycles. The van der Waals surface area contributed by atoms with Gasteiger partial charge in [-0.2, -0.15) is 0 Å². The number of esters is 2. The van der Waals surface area contributed by atoms with Crippen LogP contribution < -0.4 is 28.7 Å². The van der Waals surface area contributed by atoms with E-state index in [0.717, 1.165) is 132 Å². The lowest BCUT2D eigenvalue weighted by atomic mass is 9.77. The highest BCUT2D eigenvalue weighted by atomic mass is 16.6. The topological polar surface area (TPSA) is 114 Å². The van der Waals surface area contributed by atoms with Crippen molar-refractivity contribution in [2.45, 2.75) is 101 Å². The van der Waals surface area contributed by atoms with Gasteiger partial charge in [0, 0.05) is 105 Å². The lowest BCUT2D eigenvalue weighted by Crippen LogP contribution is -2.37. The number of ether oxygens (including phenoxy) is 8. The van der Waals surface area contributed by atoms with Crippen molar-refractivity contribution in [1.82, 2.24) is 0 Å². The smallest absolute Gasteiger partial charge is 0.305 e. The Labute approximate surface area is 598 Å². The van der Waals surface area contributed by atoms with Gasteiger partial charge in [-0.3, -0.25) is 9.59 Å². The molecule has 16 rings (SSSR count). The molecule has 2 fully saturated rings. The summed E-state index contributed by atoms with van der Waals surface area (Å²) in [6.45, 7) is 16.4. The maximum absolute atomic E-state index is 12.8. The van der Waals surface area contributed by atoms with Crippen LogP contribution in [0, 0.1) is 0 Å². The quantitative estimate of drug-likeness (QED) is 0.0449. The van der Waals surface area contributed by atoms with Crippen LogP contribution in [0.4, 0.5) is 11.4 Å². The van der Waals surface area contributed by atoms with Crippen molar-refractivity contribution in [3.05, 3.63) is 262 Å². The van der Waals surface area contributed by atoms with E-state index in [1.54, 1.807) is 0 Å². The maximum atomic E-state index is 12.8. The van der Waals surface area contributed by atoms with Crippen molar-refractivity contribution >= 4 is 57.0 Å². The first-order chi connectivity index (χ1) is 49.9. The number of benzene rings is 10. The Morgan fingerprint density at radius 2 is 0.735 bits per heavy atom. The van der Waals surface area contributed by atoms with Gasteiger partial charge >= 0.3 is 11.9 Å². The number of anilines is 2. The molecule has 2 aliphatic carbocycles. The van der Waals surface area contributed by atoms with Gasteiger partial charge in [0.05, 0.1) is 26.4 Å². The zero-order chi connectivity index (χ0) is 69.4. The van der Waals surface area contributed by atoms with E-state index in [4.69, 9.17) is 37.9 Å². The summed E-state index contributed by atoms with van der Waals surface area (Å²) in [5.74, 6) is 2.65. The zero-order valence-electron chi connectivity index (χ0n) is 58.9. The van der Waals surface area contributed by atoms with Gasteiger partial charge in [0.2, 0.25) is 0 Å². The first kappa shape index (κ1) is 66.4.